The number of hydrogen-bond acceptors (Lipinski definition) is 8. The van der Waals surface area contributed by atoms with E-state index in [9.17, 15) is 14.3 Å². The van der Waals surface area contributed by atoms with E-state index in [4.69, 9.17) is 24.4 Å². The number of anilines is 1. The standard InChI is InChI=1S/C19H29NO4.C14H20FNO2/c1-7-15(21)12-8-13(19(2,3)4)18(24-6)14(9-12)20-10-16(22)17(11-20)23-5;1-5-10-8-11(17-6-2)14(18-7-3)13(15)12(10)9(4)16/h8-9,16-17,22H,7,10-11H2,1-6H3;8,16H,5-7H2,1-4H3/t16?,17-;/m0./s1. The summed E-state index contributed by atoms with van der Waals surface area (Å²) in [5.41, 5.74) is 3.66. The Hall–Kier alpha value is -3.17. The van der Waals surface area contributed by atoms with Gasteiger partial charge in [-0.25, -0.2) is 4.39 Å². The molecule has 234 valence electrons. The second-order valence-electron chi connectivity index (χ2n) is 11.2. The molecule has 1 saturated heterocycles. The SMILES string of the molecule is CCC(=O)c1cc(N2CC(O)[C@@H](OC)C2)c(OC)c(C(C)(C)C)c1.CCOc1cc(CC)c(C(C)=N)c(F)c1OCC. The number of nitrogens with zero attached hydrogens (tertiary/aromatic N) is 1. The van der Waals surface area contributed by atoms with Crippen molar-refractivity contribution in [2.75, 3.05) is 45.4 Å². The second kappa shape index (κ2) is 15.3. The summed E-state index contributed by atoms with van der Waals surface area (Å²) in [6.07, 6.45) is 0.315. The fourth-order valence-corrected chi connectivity index (χ4v) is 5.05. The summed E-state index contributed by atoms with van der Waals surface area (Å²) >= 11 is 0. The lowest BCUT2D eigenvalue weighted by Crippen LogP contribution is -2.25. The molecule has 1 aliphatic heterocycles. The molecule has 2 aromatic carbocycles. The van der Waals surface area contributed by atoms with Crippen LogP contribution in [-0.2, 0) is 16.6 Å². The van der Waals surface area contributed by atoms with Crippen molar-refractivity contribution >= 4 is 17.2 Å². The molecular weight excluding hydrogens is 539 g/mol. The topological polar surface area (TPSA) is 101 Å². The zero-order chi connectivity index (χ0) is 31.8. The number of aliphatic hydroxyl groups is 1. The van der Waals surface area contributed by atoms with Crippen molar-refractivity contribution in [3.05, 3.63) is 46.3 Å². The summed E-state index contributed by atoms with van der Waals surface area (Å²) in [5.74, 6) is 0.899. The van der Waals surface area contributed by atoms with Gasteiger partial charge in [0.05, 0.1) is 32.1 Å². The lowest BCUT2D eigenvalue weighted by molar-refractivity contribution is 0.0217. The minimum Gasteiger partial charge on any atom is -0.494 e. The Morgan fingerprint density at radius 1 is 1.05 bits per heavy atom. The predicted molar refractivity (Wildman–Crippen MR) is 166 cm³/mol. The first-order valence-electron chi connectivity index (χ1n) is 14.7. The van der Waals surface area contributed by atoms with Crippen LogP contribution in [0.3, 0.4) is 0 Å². The molecule has 0 amide bonds. The molecule has 2 N–H and O–H groups in total. The Labute approximate surface area is 250 Å². The highest BCUT2D eigenvalue weighted by atomic mass is 19.1. The van der Waals surface area contributed by atoms with E-state index in [2.05, 4.69) is 20.8 Å². The summed E-state index contributed by atoms with van der Waals surface area (Å²) in [6, 6.07) is 5.59. The van der Waals surface area contributed by atoms with Crippen molar-refractivity contribution < 1.29 is 33.2 Å². The summed E-state index contributed by atoms with van der Waals surface area (Å²) in [7, 11) is 3.25. The number of hydrogen-bond donors (Lipinski definition) is 2. The Kier molecular flexibility index (Phi) is 12.8. The van der Waals surface area contributed by atoms with E-state index in [1.807, 2.05) is 37.8 Å². The van der Waals surface area contributed by atoms with Crippen LogP contribution in [-0.4, -0.2) is 69.3 Å². The fraction of sp³-hybridized carbons (Fsp3) is 0.576. The van der Waals surface area contributed by atoms with Crippen LogP contribution in [0, 0.1) is 11.2 Å². The Morgan fingerprint density at radius 3 is 2.14 bits per heavy atom. The summed E-state index contributed by atoms with van der Waals surface area (Å²) in [4.78, 5) is 14.4. The number of β-amino-alcohol motifs (C(OH)–C–C–N with tert-alkyl or cyclic N) is 1. The first kappa shape index (κ1) is 35.0. The highest BCUT2D eigenvalue weighted by Gasteiger charge is 2.35. The quantitative estimate of drug-likeness (QED) is 0.233. The third kappa shape index (κ3) is 8.01. The minimum absolute atomic E-state index is 0.104. The third-order valence-electron chi connectivity index (χ3n) is 7.22. The number of halogens is 1. The van der Waals surface area contributed by atoms with E-state index < -0.39 is 11.9 Å². The van der Waals surface area contributed by atoms with Crippen LogP contribution < -0.4 is 19.1 Å². The number of rotatable bonds is 11. The van der Waals surface area contributed by atoms with Gasteiger partial charge in [0.1, 0.15) is 11.9 Å². The van der Waals surface area contributed by atoms with Crippen molar-refractivity contribution in [3.8, 4) is 17.2 Å². The van der Waals surface area contributed by atoms with Gasteiger partial charge >= 0.3 is 0 Å². The van der Waals surface area contributed by atoms with Gasteiger partial charge in [-0.3, -0.25) is 4.79 Å². The lowest BCUT2D eigenvalue weighted by atomic mass is 9.84. The molecule has 0 aromatic heterocycles. The number of aliphatic hydroxyl groups excluding tert-OH is 1. The fourth-order valence-electron chi connectivity index (χ4n) is 5.05. The first-order valence-corrected chi connectivity index (χ1v) is 14.7. The van der Waals surface area contributed by atoms with Gasteiger partial charge in [0, 0.05) is 49.0 Å². The number of carbonyl (C=O) groups is 1. The Morgan fingerprint density at radius 2 is 1.69 bits per heavy atom. The van der Waals surface area contributed by atoms with Crippen molar-refractivity contribution in [2.24, 2.45) is 0 Å². The molecular formula is C33H49FN2O6. The molecule has 0 radical (unpaired) electrons. The summed E-state index contributed by atoms with van der Waals surface area (Å²) in [6.45, 7) is 17.2. The van der Waals surface area contributed by atoms with Gasteiger partial charge in [-0.05, 0) is 56.4 Å². The average molecular weight is 589 g/mol. The number of benzene rings is 2. The van der Waals surface area contributed by atoms with Crippen molar-refractivity contribution in [3.63, 3.8) is 0 Å². The molecule has 3 rings (SSSR count). The largest absolute Gasteiger partial charge is 0.494 e. The average Bonchev–Trinajstić information content (AvgIpc) is 3.33. The van der Waals surface area contributed by atoms with E-state index in [0.29, 0.717) is 56.0 Å². The maximum absolute atomic E-state index is 14.4. The second-order valence-corrected chi connectivity index (χ2v) is 11.2. The van der Waals surface area contributed by atoms with E-state index in [0.717, 1.165) is 22.6 Å². The highest BCUT2D eigenvalue weighted by molar-refractivity contribution is 5.99. The molecule has 0 bridgehead atoms. The molecule has 9 heteroatoms. The number of ketones is 1. The molecule has 0 spiro atoms. The minimum atomic E-state index is -0.552. The molecule has 2 aromatic rings. The van der Waals surface area contributed by atoms with Crippen molar-refractivity contribution in [1.82, 2.24) is 0 Å². The number of ether oxygens (including phenoxy) is 4. The molecule has 2 atom stereocenters. The lowest BCUT2D eigenvalue weighted by Gasteiger charge is -2.28. The molecule has 1 heterocycles. The molecule has 0 aliphatic carbocycles. The number of nitrogens with one attached hydrogen (secondary N) is 1. The number of carbonyl (C=O) groups excluding carboxylic acids is 1. The maximum Gasteiger partial charge on any atom is 0.197 e. The Bertz CT molecular complexity index is 1240. The van der Waals surface area contributed by atoms with Gasteiger partial charge in [-0.1, -0.05) is 34.6 Å². The van der Waals surface area contributed by atoms with Crippen LogP contribution in [0.15, 0.2) is 18.2 Å². The highest BCUT2D eigenvalue weighted by Crippen LogP contribution is 2.41. The van der Waals surface area contributed by atoms with Gasteiger partial charge in [-0.15, -0.1) is 0 Å². The predicted octanol–water partition coefficient (Wildman–Crippen LogP) is 6.35. The van der Waals surface area contributed by atoms with E-state index in [1.165, 1.54) is 0 Å². The van der Waals surface area contributed by atoms with E-state index in [-0.39, 0.29) is 28.8 Å². The van der Waals surface area contributed by atoms with Crippen molar-refractivity contribution in [2.45, 2.75) is 85.9 Å². The third-order valence-corrected chi connectivity index (χ3v) is 7.22. The molecule has 1 aliphatic rings. The normalized spacial score (nSPS) is 16.5. The maximum atomic E-state index is 14.4. The van der Waals surface area contributed by atoms with Crippen LogP contribution >= 0.6 is 0 Å². The monoisotopic (exact) mass is 588 g/mol. The molecule has 42 heavy (non-hydrogen) atoms. The van der Waals surface area contributed by atoms with Crippen LogP contribution in [0.25, 0.3) is 0 Å². The molecule has 0 saturated carbocycles. The van der Waals surface area contributed by atoms with Gasteiger partial charge in [-0.2, -0.15) is 0 Å². The first-order chi connectivity index (χ1) is 19.8. The van der Waals surface area contributed by atoms with Gasteiger partial charge < -0.3 is 34.4 Å². The smallest absolute Gasteiger partial charge is 0.197 e. The number of methoxy groups -OCH3 is 2. The van der Waals surface area contributed by atoms with Gasteiger partial charge in [0.15, 0.2) is 23.1 Å². The van der Waals surface area contributed by atoms with Gasteiger partial charge in [0.25, 0.3) is 0 Å². The van der Waals surface area contributed by atoms with E-state index in [1.54, 1.807) is 34.1 Å². The molecule has 1 unspecified atom stereocenters. The molecule has 1 fully saturated rings. The van der Waals surface area contributed by atoms with E-state index >= 15 is 0 Å². The van der Waals surface area contributed by atoms with Crippen LogP contribution in [0.4, 0.5) is 10.1 Å². The summed E-state index contributed by atoms with van der Waals surface area (Å²) < 4.78 is 36.2. The van der Waals surface area contributed by atoms with Gasteiger partial charge in [0.2, 0.25) is 0 Å². The van der Waals surface area contributed by atoms with Crippen LogP contribution in [0.2, 0.25) is 0 Å². The van der Waals surface area contributed by atoms with Crippen LogP contribution in [0.1, 0.15) is 88.9 Å². The number of Topliss-reactive ketones (excluding diaryl/α,β-unsaturated/α-hetero) is 1. The van der Waals surface area contributed by atoms with Crippen LogP contribution in [0.5, 0.6) is 17.2 Å². The number of aryl methyl sites for hydroxylation is 1. The Balaban J connectivity index is 0.000000307. The molecule has 8 nitrogen and oxygen atoms in total. The zero-order valence-electron chi connectivity index (χ0n) is 26.9. The zero-order valence-corrected chi connectivity index (χ0v) is 26.9. The van der Waals surface area contributed by atoms with Crippen molar-refractivity contribution in [1.29, 1.82) is 5.41 Å². The summed E-state index contributed by atoms with van der Waals surface area (Å²) in [5, 5.41) is 17.8.